The van der Waals surface area contributed by atoms with Gasteiger partial charge < -0.3 is 25.2 Å². The van der Waals surface area contributed by atoms with Gasteiger partial charge in [-0.1, -0.05) is 6.42 Å². The summed E-state index contributed by atoms with van der Waals surface area (Å²) in [4.78, 5) is 14.6. The second-order valence-corrected chi connectivity index (χ2v) is 6.72. The molecule has 1 aliphatic carbocycles. The fourth-order valence-electron chi connectivity index (χ4n) is 3.95. The first kappa shape index (κ1) is 19.8. The van der Waals surface area contributed by atoms with Crippen LogP contribution in [0.1, 0.15) is 42.9 Å². The predicted octanol–water partition coefficient (Wildman–Crippen LogP) is 2.02. The third-order valence-corrected chi connectivity index (χ3v) is 5.17. The molecule has 3 rings (SSSR count). The molecule has 6 nitrogen and oxygen atoms in total. The van der Waals surface area contributed by atoms with Crippen LogP contribution in [0.5, 0.6) is 11.5 Å². The minimum absolute atomic E-state index is 0. The number of nitrogens with two attached hydrogens (primary N) is 1. The molecule has 0 aromatic heterocycles. The summed E-state index contributed by atoms with van der Waals surface area (Å²) in [6.45, 7) is 0.707. The van der Waals surface area contributed by atoms with Gasteiger partial charge >= 0.3 is 0 Å². The van der Waals surface area contributed by atoms with Crippen LogP contribution >= 0.6 is 12.4 Å². The van der Waals surface area contributed by atoms with E-state index in [0.29, 0.717) is 18.0 Å². The average Bonchev–Trinajstić information content (AvgIpc) is 2.59. The molecular formula is C18H27ClN2O4. The quantitative estimate of drug-likeness (QED) is 0.850. The summed E-state index contributed by atoms with van der Waals surface area (Å²) in [5.41, 5.74) is 7.57. The number of β-amino-alcohol motifs (C(OH)–C–C–N with tert-alkyl or cyclic N) is 1. The zero-order valence-electron chi connectivity index (χ0n) is 14.7. The molecule has 1 fully saturated rings. The van der Waals surface area contributed by atoms with E-state index in [1.54, 1.807) is 25.2 Å². The van der Waals surface area contributed by atoms with Crippen molar-refractivity contribution in [3.8, 4) is 11.5 Å². The van der Waals surface area contributed by atoms with E-state index in [1.165, 1.54) is 0 Å². The van der Waals surface area contributed by atoms with E-state index < -0.39 is 6.10 Å². The number of benzene rings is 1. The van der Waals surface area contributed by atoms with E-state index in [1.807, 2.05) is 6.07 Å². The summed E-state index contributed by atoms with van der Waals surface area (Å²) in [5, 5.41) is 10.6. The van der Waals surface area contributed by atoms with E-state index in [4.69, 9.17) is 15.2 Å². The van der Waals surface area contributed by atoms with Crippen molar-refractivity contribution in [3.63, 3.8) is 0 Å². The van der Waals surface area contributed by atoms with Gasteiger partial charge in [0.2, 0.25) is 5.91 Å². The Bertz CT molecular complexity index is 625. The summed E-state index contributed by atoms with van der Waals surface area (Å²) >= 11 is 0. The Morgan fingerprint density at radius 1 is 1.24 bits per heavy atom. The molecule has 3 unspecified atom stereocenters. The lowest BCUT2D eigenvalue weighted by molar-refractivity contribution is -0.139. The van der Waals surface area contributed by atoms with Crippen LogP contribution in [0.3, 0.4) is 0 Å². The number of methoxy groups -OCH3 is 2. The zero-order valence-corrected chi connectivity index (χ0v) is 15.6. The van der Waals surface area contributed by atoms with Crippen LogP contribution < -0.4 is 15.2 Å². The SMILES string of the molecule is COc1ccc(OC)c2c1CN(C(=O)C1CCCC(N)C1)CC2O.Cl. The van der Waals surface area contributed by atoms with Gasteiger partial charge in [-0.3, -0.25) is 4.79 Å². The highest BCUT2D eigenvalue weighted by atomic mass is 35.5. The Morgan fingerprint density at radius 3 is 2.56 bits per heavy atom. The molecular weight excluding hydrogens is 344 g/mol. The zero-order chi connectivity index (χ0) is 17.3. The van der Waals surface area contributed by atoms with Gasteiger partial charge in [0.15, 0.2) is 0 Å². The van der Waals surface area contributed by atoms with Gasteiger partial charge in [-0.2, -0.15) is 0 Å². The lowest BCUT2D eigenvalue weighted by Crippen LogP contribution is -2.44. The summed E-state index contributed by atoms with van der Waals surface area (Å²) in [5.74, 6) is 1.34. The lowest BCUT2D eigenvalue weighted by atomic mass is 9.84. The van der Waals surface area contributed by atoms with Crippen molar-refractivity contribution in [2.75, 3.05) is 20.8 Å². The van der Waals surface area contributed by atoms with E-state index in [-0.39, 0.29) is 36.8 Å². The lowest BCUT2D eigenvalue weighted by Gasteiger charge is -2.37. The molecule has 7 heteroatoms. The van der Waals surface area contributed by atoms with Crippen LogP contribution in [0.4, 0.5) is 0 Å². The van der Waals surface area contributed by atoms with Gasteiger partial charge in [-0.25, -0.2) is 0 Å². The van der Waals surface area contributed by atoms with Crippen molar-refractivity contribution in [2.24, 2.45) is 11.7 Å². The number of rotatable bonds is 3. The molecule has 1 heterocycles. The molecule has 25 heavy (non-hydrogen) atoms. The van der Waals surface area contributed by atoms with Crippen molar-refractivity contribution >= 4 is 18.3 Å². The Morgan fingerprint density at radius 2 is 1.92 bits per heavy atom. The number of nitrogens with zero attached hydrogens (tertiary/aromatic N) is 1. The third kappa shape index (κ3) is 3.86. The summed E-state index contributed by atoms with van der Waals surface area (Å²) in [7, 11) is 3.17. The first-order chi connectivity index (χ1) is 11.5. The number of carbonyl (C=O) groups excluding carboxylic acids is 1. The normalized spacial score (nSPS) is 25.6. The highest BCUT2D eigenvalue weighted by Gasteiger charge is 2.35. The minimum Gasteiger partial charge on any atom is -0.496 e. The van der Waals surface area contributed by atoms with Crippen LogP contribution in [-0.2, 0) is 11.3 Å². The van der Waals surface area contributed by atoms with Gasteiger partial charge in [0.05, 0.1) is 20.8 Å². The number of hydrogen-bond acceptors (Lipinski definition) is 5. The van der Waals surface area contributed by atoms with Crippen molar-refractivity contribution in [2.45, 2.75) is 44.4 Å². The van der Waals surface area contributed by atoms with Crippen LogP contribution in [0, 0.1) is 5.92 Å². The van der Waals surface area contributed by atoms with E-state index in [2.05, 4.69) is 0 Å². The van der Waals surface area contributed by atoms with Crippen molar-refractivity contribution in [1.82, 2.24) is 4.90 Å². The monoisotopic (exact) mass is 370 g/mol. The molecule has 1 saturated carbocycles. The standard InChI is InChI=1S/C18H26N2O4.ClH/c1-23-15-6-7-16(24-2)17-13(15)9-20(10-14(17)21)18(22)11-4-3-5-12(19)8-11;/h6-7,11-12,14,21H,3-5,8-10,19H2,1-2H3;1H. The van der Waals surface area contributed by atoms with Gasteiger partial charge in [0.1, 0.15) is 17.6 Å². The molecule has 140 valence electrons. The predicted molar refractivity (Wildman–Crippen MR) is 97.1 cm³/mol. The number of carbonyl (C=O) groups is 1. The van der Waals surface area contributed by atoms with Crippen LogP contribution in [-0.4, -0.2) is 42.7 Å². The van der Waals surface area contributed by atoms with E-state index in [9.17, 15) is 9.90 Å². The number of hydrogen-bond donors (Lipinski definition) is 2. The van der Waals surface area contributed by atoms with Gasteiger partial charge in [-0.15, -0.1) is 12.4 Å². The molecule has 1 aromatic carbocycles. The maximum absolute atomic E-state index is 12.9. The Balaban J connectivity index is 0.00000225. The largest absolute Gasteiger partial charge is 0.496 e. The first-order valence-corrected chi connectivity index (χ1v) is 8.51. The van der Waals surface area contributed by atoms with Crippen LogP contribution in [0.15, 0.2) is 12.1 Å². The van der Waals surface area contributed by atoms with E-state index in [0.717, 1.165) is 36.8 Å². The Hall–Kier alpha value is -1.50. The number of fused-ring (bicyclic) bond motifs is 1. The number of aliphatic hydroxyl groups excluding tert-OH is 1. The maximum Gasteiger partial charge on any atom is 0.226 e. The smallest absolute Gasteiger partial charge is 0.226 e. The first-order valence-electron chi connectivity index (χ1n) is 8.51. The molecule has 1 aliphatic heterocycles. The molecule has 2 aliphatic rings. The van der Waals surface area contributed by atoms with Gasteiger partial charge in [-0.05, 0) is 31.4 Å². The van der Waals surface area contributed by atoms with Gasteiger partial charge in [0, 0.05) is 29.6 Å². The summed E-state index contributed by atoms with van der Waals surface area (Å²) in [6.07, 6.45) is 2.80. The fraction of sp³-hybridized carbons (Fsp3) is 0.611. The molecule has 1 amide bonds. The molecule has 3 atom stereocenters. The molecule has 0 saturated heterocycles. The van der Waals surface area contributed by atoms with Crippen LogP contribution in [0.25, 0.3) is 0 Å². The molecule has 0 bridgehead atoms. The molecule has 0 spiro atoms. The fourth-order valence-corrected chi connectivity index (χ4v) is 3.95. The number of ether oxygens (including phenoxy) is 2. The summed E-state index contributed by atoms with van der Waals surface area (Å²) in [6, 6.07) is 3.71. The second kappa shape index (κ2) is 8.25. The molecule has 3 N–H and O–H groups in total. The second-order valence-electron chi connectivity index (χ2n) is 6.72. The summed E-state index contributed by atoms with van der Waals surface area (Å²) < 4.78 is 10.8. The maximum atomic E-state index is 12.9. The van der Waals surface area contributed by atoms with Gasteiger partial charge in [0.25, 0.3) is 0 Å². The van der Waals surface area contributed by atoms with Crippen molar-refractivity contribution in [3.05, 3.63) is 23.3 Å². The Labute approximate surface area is 154 Å². The van der Waals surface area contributed by atoms with E-state index >= 15 is 0 Å². The minimum atomic E-state index is -0.778. The highest BCUT2D eigenvalue weighted by Crippen LogP contribution is 2.40. The highest BCUT2D eigenvalue weighted by molar-refractivity contribution is 5.85. The average molecular weight is 371 g/mol. The number of amides is 1. The van der Waals surface area contributed by atoms with Crippen LogP contribution in [0.2, 0.25) is 0 Å². The van der Waals surface area contributed by atoms with Crippen molar-refractivity contribution in [1.29, 1.82) is 0 Å². The topological polar surface area (TPSA) is 85.0 Å². The Kier molecular flexibility index (Phi) is 6.54. The molecule has 0 radical (unpaired) electrons. The van der Waals surface area contributed by atoms with Crippen molar-refractivity contribution < 1.29 is 19.4 Å². The number of halogens is 1. The third-order valence-electron chi connectivity index (χ3n) is 5.17. The number of aliphatic hydroxyl groups is 1. The molecule has 1 aromatic rings.